The van der Waals surface area contributed by atoms with Gasteiger partial charge in [0.15, 0.2) is 0 Å². The van der Waals surface area contributed by atoms with Crippen molar-refractivity contribution in [3.05, 3.63) is 34.1 Å². The number of amides is 1. The summed E-state index contributed by atoms with van der Waals surface area (Å²) >= 11 is 3.16. The topological polar surface area (TPSA) is 49.3 Å². The lowest BCUT2D eigenvalue weighted by Crippen LogP contribution is -2.44. The lowest BCUT2D eigenvalue weighted by Gasteiger charge is -2.32. The normalized spacial score (nSPS) is 18.1. The molecule has 1 aliphatic rings. The highest BCUT2D eigenvalue weighted by atomic mass is 79.9. The molecule has 19 heavy (non-hydrogen) atoms. The van der Waals surface area contributed by atoms with E-state index in [0.29, 0.717) is 10.0 Å². The lowest BCUT2D eigenvalue weighted by atomic mass is 9.85. The standard InChI is InChI=1S/C14H17BrFNO2/c15-12-8-10(16)4-5-11(12)13(18)17-9-14(19)6-2-1-3-7-14/h4-5,8,19H,1-3,6-7,9H2,(H,17,18). The van der Waals surface area contributed by atoms with Crippen molar-refractivity contribution in [1.82, 2.24) is 5.32 Å². The van der Waals surface area contributed by atoms with Crippen LogP contribution in [0.1, 0.15) is 42.5 Å². The van der Waals surface area contributed by atoms with Gasteiger partial charge in [0.1, 0.15) is 5.82 Å². The molecule has 1 aliphatic carbocycles. The van der Waals surface area contributed by atoms with Gasteiger partial charge in [-0.15, -0.1) is 0 Å². The molecule has 2 rings (SSSR count). The van der Waals surface area contributed by atoms with E-state index >= 15 is 0 Å². The average molecular weight is 330 g/mol. The van der Waals surface area contributed by atoms with Gasteiger partial charge in [-0.3, -0.25) is 4.79 Å². The second-order valence-electron chi connectivity index (χ2n) is 5.09. The second kappa shape index (κ2) is 6.01. The van der Waals surface area contributed by atoms with Gasteiger partial charge < -0.3 is 10.4 Å². The largest absolute Gasteiger partial charge is 0.388 e. The van der Waals surface area contributed by atoms with E-state index in [4.69, 9.17) is 0 Å². The molecule has 0 unspecified atom stereocenters. The quantitative estimate of drug-likeness (QED) is 0.895. The Balaban J connectivity index is 1.97. The highest BCUT2D eigenvalue weighted by molar-refractivity contribution is 9.10. The second-order valence-corrected chi connectivity index (χ2v) is 5.95. The van der Waals surface area contributed by atoms with Crippen LogP contribution in [-0.2, 0) is 0 Å². The van der Waals surface area contributed by atoms with Gasteiger partial charge in [-0.1, -0.05) is 19.3 Å². The first-order valence-electron chi connectivity index (χ1n) is 6.46. The van der Waals surface area contributed by atoms with E-state index in [2.05, 4.69) is 21.2 Å². The predicted octanol–water partition coefficient (Wildman–Crippen LogP) is 3.01. The van der Waals surface area contributed by atoms with Crippen LogP contribution in [0.5, 0.6) is 0 Å². The summed E-state index contributed by atoms with van der Waals surface area (Å²) in [5.41, 5.74) is -0.416. The number of carbonyl (C=O) groups is 1. The molecule has 0 heterocycles. The molecule has 1 aromatic carbocycles. The predicted molar refractivity (Wildman–Crippen MR) is 74.5 cm³/mol. The van der Waals surface area contributed by atoms with Crippen molar-refractivity contribution in [3.63, 3.8) is 0 Å². The van der Waals surface area contributed by atoms with E-state index in [-0.39, 0.29) is 12.5 Å². The van der Waals surface area contributed by atoms with E-state index in [1.165, 1.54) is 18.2 Å². The number of rotatable bonds is 3. The number of aliphatic hydroxyl groups is 1. The van der Waals surface area contributed by atoms with Crippen molar-refractivity contribution < 1.29 is 14.3 Å². The minimum atomic E-state index is -0.791. The number of benzene rings is 1. The minimum Gasteiger partial charge on any atom is -0.388 e. The Bertz CT molecular complexity index is 473. The summed E-state index contributed by atoms with van der Waals surface area (Å²) in [6, 6.07) is 3.93. The van der Waals surface area contributed by atoms with Crippen molar-refractivity contribution in [2.24, 2.45) is 0 Å². The van der Waals surface area contributed by atoms with Crippen LogP contribution in [0.2, 0.25) is 0 Å². The van der Waals surface area contributed by atoms with E-state index in [9.17, 15) is 14.3 Å². The zero-order valence-electron chi connectivity index (χ0n) is 10.6. The Morgan fingerprint density at radius 2 is 2.05 bits per heavy atom. The van der Waals surface area contributed by atoms with E-state index in [1.54, 1.807) is 0 Å². The van der Waals surface area contributed by atoms with Gasteiger partial charge in [0, 0.05) is 11.0 Å². The maximum atomic E-state index is 12.9. The van der Waals surface area contributed by atoms with Crippen molar-refractivity contribution in [2.45, 2.75) is 37.7 Å². The molecule has 1 amide bonds. The number of hydrogen-bond acceptors (Lipinski definition) is 2. The van der Waals surface area contributed by atoms with Gasteiger partial charge in [0.25, 0.3) is 5.91 Å². The Kier molecular flexibility index (Phi) is 4.58. The first-order chi connectivity index (χ1) is 9.00. The summed E-state index contributed by atoms with van der Waals surface area (Å²) in [7, 11) is 0. The first kappa shape index (κ1) is 14.5. The van der Waals surface area contributed by atoms with E-state index < -0.39 is 11.4 Å². The number of nitrogens with one attached hydrogen (secondary N) is 1. The first-order valence-corrected chi connectivity index (χ1v) is 7.25. The Hall–Kier alpha value is -0.940. The van der Waals surface area contributed by atoms with Gasteiger partial charge in [0.05, 0.1) is 11.2 Å². The molecule has 0 aliphatic heterocycles. The molecule has 0 spiro atoms. The monoisotopic (exact) mass is 329 g/mol. The van der Waals surface area contributed by atoms with Crippen LogP contribution in [0.15, 0.2) is 22.7 Å². The fourth-order valence-corrected chi connectivity index (χ4v) is 2.93. The number of halogens is 2. The number of hydrogen-bond donors (Lipinski definition) is 2. The molecule has 0 saturated heterocycles. The Morgan fingerprint density at radius 3 is 2.68 bits per heavy atom. The third-order valence-electron chi connectivity index (χ3n) is 3.54. The van der Waals surface area contributed by atoms with E-state index in [0.717, 1.165) is 32.1 Å². The van der Waals surface area contributed by atoms with Crippen LogP contribution >= 0.6 is 15.9 Å². The summed E-state index contributed by atoms with van der Waals surface area (Å²) < 4.78 is 13.4. The van der Waals surface area contributed by atoms with Crippen LogP contribution in [0.3, 0.4) is 0 Å². The van der Waals surface area contributed by atoms with Crippen molar-refractivity contribution in [1.29, 1.82) is 0 Å². The van der Waals surface area contributed by atoms with Gasteiger partial charge >= 0.3 is 0 Å². The van der Waals surface area contributed by atoms with Gasteiger partial charge in [0.2, 0.25) is 0 Å². The molecule has 1 saturated carbocycles. The minimum absolute atomic E-state index is 0.246. The molecular weight excluding hydrogens is 313 g/mol. The highest BCUT2D eigenvalue weighted by Gasteiger charge is 2.29. The SMILES string of the molecule is O=C(NCC1(O)CCCCC1)c1ccc(F)cc1Br. The van der Waals surface area contributed by atoms with Crippen molar-refractivity contribution in [2.75, 3.05) is 6.54 Å². The van der Waals surface area contributed by atoms with Crippen molar-refractivity contribution >= 4 is 21.8 Å². The van der Waals surface area contributed by atoms with Crippen LogP contribution < -0.4 is 5.32 Å². The molecular formula is C14H17BrFNO2. The third-order valence-corrected chi connectivity index (χ3v) is 4.19. The lowest BCUT2D eigenvalue weighted by molar-refractivity contribution is 0.00525. The average Bonchev–Trinajstić information content (AvgIpc) is 2.37. The van der Waals surface area contributed by atoms with Crippen LogP contribution in [0.4, 0.5) is 4.39 Å². The van der Waals surface area contributed by atoms with Gasteiger partial charge in [-0.2, -0.15) is 0 Å². The molecule has 1 aromatic rings. The van der Waals surface area contributed by atoms with Gasteiger partial charge in [-0.25, -0.2) is 4.39 Å². The molecule has 3 nitrogen and oxygen atoms in total. The van der Waals surface area contributed by atoms with Gasteiger partial charge in [-0.05, 0) is 47.0 Å². The molecule has 0 aromatic heterocycles. The maximum Gasteiger partial charge on any atom is 0.252 e. The Labute approximate surface area is 120 Å². The smallest absolute Gasteiger partial charge is 0.252 e. The van der Waals surface area contributed by atoms with Crippen LogP contribution in [0.25, 0.3) is 0 Å². The van der Waals surface area contributed by atoms with Crippen LogP contribution in [-0.4, -0.2) is 23.2 Å². The maximum absolute atomic E-state index is 12.9. The molecule has 5 heteroatoms. The zero-order valence-corrected chi connectivity index (χ0v) is 12.2. The van der Waals surface area contributed by atoms with Crippen molar-refractivity contribution in [3.8, 4) is 0 Å². The van der Waals surface area contributed by atoms with Crippen LogP contribution in [0, 0.1) is 5.82 Å². The van der Waals surface area contributed by atoms with E-state index in [1.807, 2.05) is 0 Å². The summed E-state index contributed by atoms with van der Waals surface area (Å²) in [5, 5.41) is 13.0. The summed E-state index contributed by atoms with van der Waals surface area (Å²) in [5.74, 6) is -0.694. The fourth-order valence-electron chi connectivity index (χ4n) is 2.40. The molecule has 0 atom stereocenters. The fraction of sp³-hybridized carbons (Fsp3) is 0.500. The molecule has 0 radical (unpaired) electrons. The summed E-state index contributed by atoms with van der Waals surface area (Å²) in [6.07, 6.45) is 4.56. The third kappa shape index (κ3) is 3.76. The summed E-state index contributed by atoms with van der Waals surface area (Å²) in [4.78, 5) is 12.0. The molecule has 2 N–H and O–H groups in total. The molecule has 104 valence electrons. The Morgan fingerprint density at radius 1 is 1.37 bits per heavy atom. The number of carbonyl (C=O) groups excluding carboxylic acids is 1. The molecule has 1 fully saturated rings. The summed E-state index contributed by atoms with van der Waals surface area (Å²) in [6.45, 7) is 0.246. The molecule has 0 bridgehead atoms. The zero-order chi connectivity index (χ0) is 13.9. The highest BCUT2D eigenvalue weighted by Crippen LogP contribution is 2.27.